The highest BCUT2D eigenvalue weighted by Crippen LogP contribution is 2.22. The van der Waals surface area contributed by atoms with Gasteiger partial charge in [-0.15, -0.1) is 0 Å². The van der Waals surface area contributed by atoms with Crippen LogP contribution >= 0.6 is 11.6 Å². The van der Waals surface area contributed by atoms with Gasteiger partial charge in [0.1, 0.15) is 5.75 Å². The van der Waals surface area contributed by atoms with Gasteiger partial charge in [-0.05, 0) is 55.2 Å². The summed E-state index contributed by atoms with van der Waals surface area (Å²) in [7, 11) is 0. The van der Waals surface area contributed by atoms with Crippen LogP contribution in [0.3, 0.4) is 0 Å². The number of rotatable bonds is 6. The Labute approximate surface area is 147 Å². The number of aryl methyl sites for hydroxylation is 2. The van der Waals surface area contributed by atoms with Crippen molar-refractivity contribution >= 4 is 23.7 Å². The molecule has 2 aromatic rings. The van der Waals surface area contributed by atoms with E-state index in [-0.39, 0.29) is 5.91 Å². The van der Waals surface area contributed by atoms with Gasteiger partial charge in [0.2, 0.25) is 0 Å². The molecular weight excluding hydrogens is 324 g/mol. The first-order chi connectivity index (χ1) is 11.5. The van der Waals surface area contributed by atoms with Crippen LogP contribution in [-0.4, -0.2) is 18.2 Å². The van der Waals surface area contributed by atoms with Gasteiger partial charge in [-0.25, -0.2) is 5.43 Å². The minimum absolute atomic E-state index is 0.314. The molecule has 0 saturated carbocycles. The zero-order valence-corrected chi connectivity index (χ0v) is 14.8. The Bertz CT molecular complexity index is 727. The number of hydrazone groups is 1. The summed E-state index contributed by atoms with van der Waals surface area (Å²) < 4.78 is 5.65. The van der Waals surface area contributed by atoms with Crippen LogP contribution in [0.4, 0.5) is 0 Å². The molecule has 4 nitrogen and oxygen atoms in total. The van der Waals surface area contributed by atoms with Gasteiger partial charge in [0.15, 0.2) is 6.10 Å². The van der Waals surface area contributed by atoms with Gasteiger partial charge in [-0.1, -0.05) is 42.8 Å². The molecule has 1 N–H and O–H groups in total. The molecule has 1 atom stereocenters. The summed E-state index contributed by atoms with van der Waals surface area (Å²) in [6.45, 7) is 5.66. The molecule has 2 aromatic carbocycles. The number of halogens is 1. The summed E-state index contributed by atoms with van der Waals surface area (Å²) in [5.41, 5.74) is 5.55. The zero-order chi connectivity index (χ0) is 17.5. The number of carbonyl (C=O) groups is 1. The summed E-state index contributed by atoms with van der Waals surface area (Å²) in [6, 6.07) is 13.3. The molecule has 126 valence electrons. The third-order valence-corrected chi connectivity index (χ3v) is 3.82. The lowest BCUT2D eigenvalue weighted by Crippen LogP contribution is -2.33. The van der Waals surface area contributed by atoms with Crippen LogP contribution in [0.15, 0.2) is 47.6 Å². The minimum Gasteiger partial charge on any atom is -0.481 e. The summed E-state index contributed by atoms with van der Waals surface area (Å²) in [5.74, 6) is 0.312. The number of ether oxygens (including phenoxy) is 1. The van der Waals surface area contributed by atoms with Gasteiger partial charge in [0.25, 0.3) is 5.91 Å². The van der Waals surface area contributed by atoms with Gasteiger partial charge in [0.05, 0.1) is 6.21 Å². The highest BCUT2D eigenvalue weighted by atomic mass is 35.5. The molecule has 24 heavy (non-hydrogen) atoms. The van der Waals surface area contributed by atoms with Crippen LogP contribution in [0.2, 0.25) is 5.02 Å². The largest absolute Gasteiger partial charge is 0.481 e. The maximum atomic E-state index is 12.0. The molecule has 0 aliphatic heterocycles. The van der Waals surface area contributed by atoms with Crippen LogP contribution in [0.5, 0.6) is 5.75 Å². The number of amides is 1. The Morgan fingerprint density at radius 1 is 1.29 bits per heavy atom. The van der Waals surface area contributed by atoms with E-state index >= 15 is 0 Å². The molecule has 0 spiro atoms. The molecule has 5 heteroatoms. The highest BCUT2D eigenvalue weighted by Gasteiger charge is 2.15. The van der Waals surface area contributed by atoms with Gasteiger partial charge >= 0.3 is 0 Å². The lowest BCUT2D eigenvalue weighted by atomic mass is 10.1. The first-order valence-corrected chi connectivity index (χ1v) is 8.22. The molecular formula is C19H21ClN2O2. The van der Waals surface area contributed by atoms with E-state index in [0.717, 1.165) is 17.5 Å². The van der Waals surface area contributed by atoms with E-state index in [9.17, 15) is 4.79 Å². The second-order valence-corrected chi connectivity index (χ2v) is 5.94. The Balaban J connectivity index is 1.89. The van der Waals surface area contributed by atoms with E-state index < -0.39 is 6.10 Å². The van der Waals surface area contributed by atoms with Crippen molar-refractivity contribution in [2.75, 3.05) is 0 Å². The van der Waals surface area contributed by atoms with Gasteiger partial charge in [-0.3, -0.25) is 4.79 Å². The first kappa shape index (κ1) is 18.0. The Morgan fingerprint density at radius 2 is 2.00 bits per heavy atom. The zero-order valence-electron chi connectivity index (χ0n) is 14.0. The smallest absolute Gasteiger partial charge is 0.280 e. The first-order valence-electron chi connectivity index (χ1n) is 7.84. The van der Waals surface area contributed by atoms with Crippen LogP contribution in [0.1, 0.15) is 30.5 Å². The van der Waals surface area contributed by atoms with E-state index in [2.05, 4.69) is 17.5 Å². The third kappa shape index (κ3) is 5.10. The normalized spacial score (nSPS) is 12.2. The second-order valence-electron chi connectivity index (χ2n) is 5.50. The van der Waals surface area contributed by atoms with Crippen molar-refractivity contribution in [3.63, 3.8) is 0 Å². The predicted octanol–water partition coefficient (Wildman–Crippen LogP) is 4.13. The molecule has 0 aliphatic rings. The molecule has 0 fully saturated rings. The third-order valence-electron chi connectivity index (χ3n) is 3.59. The average molecular weight is 345 g/mol. The van der Waals surface area contributed by atoms with E-state index in [1.165, 1.54) is 5.56 Å². The van der Waals surface area contributed by atoms with Gasteiger partial charge in [0, 0.05) is 5.02 Å². The molecule has 0 radical (unpaired) electrons. The minimum atomic E-state index is -0.663. The van der Waals surface area contributed by atoms with Gasteiger partial charge in [-0.2, -0.15) is 5.10 Å². The molecule has 1 amide bonds. The summed E-state index contributed by atoms with van der Waals surface area (Å²) in [6.07, 6.45) is 1.94. The van der Waals surface area contributed by atoms with Crippen molar-refractivity contribution in [3.05, 3.63) is 64.2 Å². The number of hydrogen-bond acceptors (Lipinski definition) is 3. The number of benzene rings is 2. The average Bonchev–Trinajstić information content (AvgIpc) is 2.57. The quantitative estimate of drug-likeness (QED) is 0.632. The van der Waals surface area contributed by atoms with Crippen LogP contribution in [0.25, 0.3) is 0 Å². The Hall–Kier alpha value is -2.33. The fourth-order valence-corrected chi connectivity index (χ4v) is 2.32. The Kier molecular flexibility index (Phi) is 6.38. The van der Waals surface area contributed by atoms with Crippen molar-refractivity contribution < 1.29 is 9.53 Å². The standard InChI is InChI=1S/C19H21ClN2O2/c1-4-15-5-7-16(8-6-15)12-21-22-19(23)14(3)24-18-10-9-17(20)11-13(18)2/h5-12,14H,4H2,1-3H3,(H,22,23)/b21-12+. The summed E-state index contributed by atoms with van der Waals surface area (Å²) in [4.78, 5) is 12.0. The molecule has 0 aromatic heterocycles. The van der Waals surface area contributed by atoms with Crippen molar-refractivity contribution in [1.82, 2.24) is 5.43 Å². The fraction of sp³-hybridized carbons (Fsp3) is 0.263. The highest BCUT2D eigenvalue weighted by molar-refractivity contribution is 6.30. The van der Waals surface area contributed by atoms with Crippen LogP contribution < -0.4 is 10.2 Å². The Morgan fingerprint density at radius 3 is 2.62 bits per heavy atom. The molecule has 0 saturated heterocycles. The van der Waals surface area contributed by atoms with E-state index in [1.807, 2.05) is 31.2 Å². The molecule has 0 bridgehead atoms. The number of nitrogens with zero attached hydrogens (tertiary/aromatic N) is 1. The monoisotopic (exact) mass is 344 g/mol. The molecule has 2 rings (SSSR count). The van der Waals surface area contributed by atoms with Crippen molar-refractivity contribution in [2.24, 2.45) is 5.10 Å². The van der Waals surface area contributed by atoms with E-state index in [1.54, 1.807) is 31.3 Å². The SMILES string of the molecule is CCc1ccc(/C=N/NC(=O)C(C)Oc2ccc(Cl)cc2C)cc1. The molecule has 0 heterocycles. The van der Waals surface area contributed by atoms with Crippen LogP contribution in [0, 0.1) is 6.92 Å². The lowest BCUT2D eigenvalue weighted by molar-refractivity contribution is -0.127. The predicted molar refractivity (Wildman–Crippen MR) is 97.8 cm³/mol. The topological polar surface area (TPSA) is 50.7 Å². The fourth-order valence-electron chi connectivity index (χ4n) is 2.09. The lowest BCUT2D eigenvalue weighted by Gasteiger charge is -2.14. The van der Waals surface area contributed by atoms with Crippen LogP contribution in [-0.2, 0) is 11.2 Å². The maximum Gasteiger partial charge on any atom is 0.280 e. The summed E-state index contributed by atoms with van der Waals surface area (Å²) in [5, 5.41) is 4.61. The summed E-state index contributed by atoms with van der Waals surface area (Å²) >= 11 is 5.91. The van der Waals surface area contributed by atoms with Gasteiger partial charge < -0.3 is 4.74 Å². The van der Waals surface area contributed by atoms with E-state index in [4.69, 9.17) is 16.3 Å². The second kappa shape index (κ2) is 8.50. The van der Waals surface area contributed by atoms with Crippen molar-refractivity contribution in [3.8, 4) is 5.75 Å². The number of nitrogens with one attached hydrogen (secondary N) is 1. The molecule has 0 aliphatic carbocycles. The maximum absolute atomic E-state index is 12.0. The van der Waals surface area contributed by atoms with Crippen molar-refractivity contribution in [2.45, 2.75) is 33.3 Å². The molecule has 1 unspecified atom stereocenters. The van der Waals surface area contributed by atoms with E-state index in [0.29, 0.717) is 10.8 Å². The number of carbonyl (C=O) groups excluding carboxylic acids is 1. The van der Waals surface area contributed by atoms with Crippen molar-refractivity contribution in [1.29, 1.82) is 0 Å². The number of hydrogen-bond donors (Lipinski definition) is 1.